The number of hydrogen-bond acceptors (Lipinski definition) is 3. The zero-order valence-corrected chi connectivity index (χ0v) is 9.24. The Morgan fingerprint density at radius 1 is 1.50 bits per heavy atom. The predicted molar refractivity (Wildman–Crippen MR) is 60.1 cm³/mol. The van der Waals surface area contributed by atoms with Crippen LogP contribution in [0.1, 0.15) is 16.1 Å². The van der Waals surface area contributed by atoms with Crippen LogP contribution < -0.4 is 4.74 Å². The quantitative estimate of drug-likeness (QED) is 0.850. The van der Waals surface area contributed by atoms with Crippen molar-refractivity contribution in [1.82, 2.24) is 10.2 Å². The Bertz CT molecular complexity index is 636. The third kappa shape index (κ3) is 1.54. The van der Waals surface area contributed by atoms with Crippen LogP contribution in [0.5, 0.6) is 5.75 Å². The number of halogens is 1. The van der Waals surface area contributed by atoms with Gasteiger partial charge in [0.05, 0.1) is 12.3 Å². The number of benzene rings is 1. The largest absolute Gasteiger partial charge is 0.493 e. The summed E-state index contributed by atoms with van der Waals surface area (Å²) in [5.41, 5.74) is 1.01. The molecule has 0 fully saturated rings. The fourth-order valence-electron chi connectivity index (χ4n) is 2.00. The minimum Gasteiger partial charge on any atom is -0.493 e. The zero-order chi connectivity index (χ0) is 12.7. The summed E-state index contributed by atoms with van der Waals surface area (Å²) in [4.78, 5) is 10.7. The van der Waals surface area contributed by atoms with Crippen LogP contribution in [0, 0.1) is 5.82 Å². The van der Waals surface area contributed by atoms with E-state index in [0.717, 1.165) is 0 Å². The SMILES string of the molecule is O=C(O)c1cc(-c2ccc3c(c2F)CCO3)n[nH]1. The van der Waals surface area contributed by atoms with Crippen LogP contribution in [0.25, 0.3) is 11.3 Å². The number of fused-ring (bicyclic) bond motifs is 1. The number of carbonyl (C=O) groups is 1. The average Bonchev–Trinajstić information content (AvgIpc) is 2.97. The third-order valence-corrected chi connectivity index (χ3v) is 2.89. The molecule has 2 heterocycles. The van der Waals surface area contributed by atoms with Gasteiger partial charge in [-0.25, -0.2) is 9.18 Å². The lowest BCUT2D eigenvalue weighted by atomic mass is 10.0. The van der Waals surface area contributed by atoms with Gasteiger partial charge in [-0.05, 0) is 18.2 Å². The van der Waals surface area contributed by atoms with Gasteiger partial charge in [-0.2, -0.15) is 5.10 Å². The van der Waals surface area contributed by atoms with Gasteiger partial charge >= 0.3 is 5.97 Å². The van der Waals surface area contributed by atoms with Crippen LogP contribution in [0.3, 0.4) is 0 Å². The highest BCUT2D eigenvalue weighted by atomic mass is 19.1. The van der Waals surface area contributed by atoms with Crippen molar-refractivity contribution in [3.05, 3.63) is 35.3 Å². The third-order valence-electron chi connectivity index (χ3n) is 2.89. The molecule has 0 unspecified atom stereocenters. The standard InChI is InChI=1S/C12H9FN2O3/c13-11-6(1-2-10-7(11)3-4-18-10)8-5-9(12(16)17)15-14-8/h1-2,5H,3-4H2,(H,14,15)(H,16,17). The molecule has 18 heavy (non-hydrogen) atoms. The number of rotatable bonds is 2. The second kappa shape index (κ2) is 3.83. The number of nitrogens with zero attached hydrogens (tertiary/aromatic N) is 1. The molecule has 0 spiro atoms. The summed E-state index contributed by atoms with van der Waals surface area (Å²) >= 11 is 0. The van der Waals surface area contributed by atoms with Gasteiger partial charge in [0.25, 0.3) is 0 Å². The fraction of sp³-hybridized carbons (Fsp3) is 0.167. The maximum absolute atomic E-state index is 14.2. The molecule has 0 amide bonds. The number of hydrogen-bond donors (Lipinski definition) is 2. The highest BCUT2D eigenvalue weighted by Gasteiger charge is 2.21. The van der Waals surface area contributed by atoms with E-state index in [-0.39, 0.29) is 17.0 Å². The maximum Gasteiger partial charge on any atom is 0.353 e. The minimum atomic E-state index is -1.13. The summed E-state index contributed by atoms with van der Waals surface area (Å²) in [6.07, 6.45) is 0.519. The van der Waals surface area contributed by atoms with Crippen molar-refractivity contribution >= 4 is 5.97 Å². The van der Waals surface area contributed by atoms with E-state index in [1.807, 2.05) is 0 Å². The molecule has 1 aliphatic rings. The van der Waals surface area contributed by atoms with Crippen molar-refractivity contribution in [3.8, 4) is 17.0 Å². The molecule has 1 aliphatic heterocycles. The first kappa shape index (κ1) is 10.8. The normalized spacial score (nSPS) is 13.2. The predicted octanol–water partition coefficient (Wildman–Crippen LogP) is 1.85. The number of carboxylic acids is 1. The van der Waals surface area contributed by atoms with Gasteiger partial charge in [0.2, 0.25) is 0 Å². The fourth-order valence-corrected chi connectivity index (χ4v) is 2.00. The molecule has 1 aromatic carbocycles. The van der Waals surface area contributed by atoms with Gasteiger partial charge in [0.15, 0.2) is 0 Å². The van der Waals surface area contributed by atoms with Crippen molar-refractivity contribution in [1.29, 1.82) is 0 Å². The molecule has 6 heteroatoms. The molecule has 0 saturated heterocycles. The zero-order valence-electron chi connectivity index (χ0n) is 9.24. The average molecular weight is 248 g/mol. The van der Waals surface area contributed by atoms with Crippen LogP contribution >= 0.6 is 0 Å². The number of aromatic amines is 1. The number of nitrogens with one attached hydrogen (secondary N) is 1. The Labute approximate surface area is 101 Å². The van der Waals surface area contributed by atoms with E-state index in [2.05, 4.69) is 10.2 Å². The van der Waals surface area contributed by atoms with Crippen LogP contribution in [0.4, 0.5) is 4.39 Å². The molecule has 0 aliphatic carbocycles. The van der Waals surface area contributed by atoms with E-state index >= 15 is 0 Å². The molecule has 5 nitrogen and oxygen atoms in total. The van der Waals surface area contributed by atoms with Gasteiger partial charge in [-0.15, -0.1) is 0 Å². The van der Waals surface area contributed by atoms with Gasteiger partial charge in [0, 0.05) is 17.5 Å². The van der Waals surface area contributed by atoms with Gasteiger partial charge < -0.3 is 9.84 Å². The van der Waals surface area contributed by atoms with E-state index in [1.165, 1.54) is 6.07 Å². The van der Waals surface area contributed by atoms with E-state index in [4.69, 9.17) is 9.84 Å². The van der Waals surface area contributed by atoms with Crippen LogP contribution in [-0.4, -0.2) is 27.9 Å². The lowest BCUT2D eigenvalue weighted by molar-refractivity contribution is 0.0690. The van der Waals surface area contributed by atoms with Gasteiger partial charge in [-0.3, -0.25) is 5.10 Å². The molecule has 0 bridgehead atoms. The smallest absolute Gasteiger partial charge is 0.353 e. The number of aromatic carboxylic acids is 1. The lowest BCUT2D eigenvalue weighted by Gasteiger charge is -2.04. The summed E-state index contributed by atoms with van der Waals surface area (Å²) in [6, 6.07) is 4.53. The van der Waals surface area contributed by atoms with Crippen molar-refractivity contribution in [2.75, 3.05) is 6.61 Å². The van der Waals surface area contributed by atoms with Gasteiger partial charge in [0.1, 0.15) is 17.3 Å². The molecule has 0 saturated carbocycles. The molecular formula is C12H9FN2O3. The van der Waals surface area contributed by atoms with Crippen molar-refractivity contribution in [3.63, 3.8) is 0 Å². The molecule has 3 rings (SSSR count). The Morgan fingerprint density at radius 3 is 3.06 bits per heavy atom. The summed E-state index contributed by atoms with van der Waals surface area (Å²) < 4.78 is 19.4. The first-order valence-corrected chi connectivity index (χ1v) is 5.40. The Hall–Kier alpha value is -2.37. The highest BCUT2D eigenvalue weighted by Crippen LogP contribution is 2.33. The number of ether oxygens (including phenoxy) is 1. The van der Waals surface area contributed by atoms with E-state index in [0.29, 0.717) is 24.3 Å². The summed E-state index contributed by atoms with van der Waals surface area (Å²) in [7, 11) is 0. The first-order valence-electron chi connectivity index (χ1n) is 5.40. The van der Waals surface area contributed by atoms with Crippen LogP contribution in [0.15, 0.2) is 18.2 Å². The molecule has 0 atom stereocenters. The van der Waals surface area contributed by atoms with Crippen LogP contribution in [-0.2, 0) is 6.42 Å². The Balaban J connectivity index is 2.09. The van der Waals surface area contributed by atoms with Gasteiger partial charge in [-0.1, -0.05) is 0 Å². The summed E-state index contributed by atoms with van der Waals surface area (Å²) in [6.45, 7) is 0.469. The number of aromatic nitrogens is 2. The summed E-state index contributed by atoms with van der Waals surface area (Å²) in [5, 5.41) is 14.9. The second-order valence-corrected chi connectivity index (χ2v) is 3.97. The molecule has 2 aromatic rings. The summed E-state index contributed by atoms with van der Waals surface area (Å²) in [5.74, 6) is -0.975. The lowest BCUT2D eigenvalue weighted by Crippen LogP contribution is -1.95. The molecule has 2 N–H and O–H groups in total. The van der Waals surface area contributed by atoms with Crippen molar-refractivity contribution in [2.24, 2.45) is 0 Å². The maximum atomic E-state index is 14.2. The molecular weight excluding hydrogens is 239 g/mol. The van der Waals surface area contributed by atoms with E-state index in [1.54, 1.807) is 12.1 Å². The molecule has 1 aromatic heterocycles. The monoisotopic (exact) mass is 248 g/mol. The Kier molecular flexibility index (Phi) is 2.29. The van der Waals surface area contributed by atoms with Crippen LogP contribution in [0.2, 0.25) is 0 Å². The minimum absolute atomic E-state index is 0.0684. The second-order valence-electron chi connectivity index (χ2n) is 3.97. The van der Waals surface area contributed by atoms with E-state index in [9.17, 15) is 9.18 Å². The molecule has 0 radical (unpaired) electrons. The topological polar surface area (TPSA) is 75.2 Å². The molecule has 92 valence electrons. The van der Waals surface area contributed by atoms with Crippen molar-refractivity contribution in [2.45, 2.75) is 6.42 Å². The Morgan fingerprint density at radius 2 is 2.33 bits per heavy atom. The highest BCUT2D eigenvalue weighted by molar-refractivity contribution is 5.86. The number of H-pyrrole nitrogens is 1. The first-order chi connectivity index (χ1) is 8.66. The number of carboxylic acid groups (broad SMARTS) is 1. The van der Waals surface area contributed by atoms with E-state index < -0.39 is 11.8 Å². The van der Waals surface area contributed by atoms with Crippen molar-refractivity contribution < 1.29 is 19.0 Å².